The van der Waals surface area contributed by atoms with E-state index in [4.69, 9.17) is 5.73 Å². The van der Waals surface area contributed by atoms with Gasteiger partial charge in [0.1, 0.15) is 0 Å². The molecule has 0 aliphatic carbocycles. The van der Waals surface area contributed by atoms with E-state index in [9.17, 15) is 9.59 Å². The fourth-order valence-corrected chi connectivity index (χ4v) is 2.59. The highest BCUT2D eigenvalue weighted by molar-refractivity contribution is 5.93. The number of rotatable bonds is 2. The van der Waals surface area contributed by atoms with Crippen molar-refractivity contribution in [1.29, 1.82) is 0 Å². The van der Waals surface area contributed by atoms with Gasteiger partial charge in [0.05, 0.1) is 17.4 Å². The summed E-state index contributed by atoms with van der Waals surface area (Å²) >= 11 is 0. The molecule has 1 atom stereocenters. The Kier molecular flexibility index (Phi) is 4.30. The van der Waals surface area contributed by atoms with Crippen LogP contribution in [0.1, 0.15) is 32.8 Å². The molecule has 0 saturated carbocycles. The lowest BCUT2D eigenvalue weighted by molar-refractivity contribution is -0.131. The van der Waals surface area contributed by atoms with Gasteiger partial charge in [0, 0.05) is 18.5 Å². The molecule has 0 spiro atoms. The van der Waals surface area contributed by atoms with Crippen LogP contribution in [0.4, 0.5) is 16.2 Å². The van der Waals surface area contributed by atoms with E-state index in [2.05, 4.69) is 10.6 Å². The third-order valence-corrected chi connectivity index (χ3v) is 3.73. The number of carbonyl (C=O) groups is 2. The maximum atomic E-state index is 12.1. The normalized spacial score (nSPS) is 18.5. The third kappa shape index (κ3) is 3.69. The van der Waals surface area contributed by atoms with E-state index in [-0.39, 0.29) is 23.5 Å². The Morgan fingerprint density at radius 1 is 1.36 bits per heavy atom. The van der Waals surface area contributed by atoms with Crippen LogP contribution in [0.15, 0.2) is 18.2 Å². The minimum atomic E-state index is -0.343. The first-order valence-electron chi connectivity index (χ1n) is 7.41. The summed E-state index contributed by atoms with van der Waals surface area (Å²) in [5.74, 6) is 0.0626. The fourth-order valence-electron chi connectivity index (χ4n) is 2.59. The van der Waals surface area contributed by atoms with Gasteiger partial charge in [-0.25, -0.2) is 4.79 Å². The molecule has 2 rings (SSSR count). The number of nitrogens with two attached hydrogens (primary N) is 1. The van der Waals surface area contributed by atoms with Crippen molar-refractivity contribution < 1.29 is 9.59 Å². The van der Waals surface area contributed by atoms with Gasteiger partial charge in [0.15, 0.2) is 0 Å². The summed E-state index contributed by atoms with van der Waals surface area (Å²) in [4.78, 5) is 25.8. The van der Waals surface area contributed by atoms with Gasteiger partial charge in [-0.05, 0) is 45.4 Å². The highest BCUT2D eigenvalue weighted by Gasteiger charge is 2.36. The lowest BCUT2D eigenvalue weighted by Gasteiger charge is -2.32. The number of aryl methyl sites for hydroxylation is 1. The van der Waals surface area contributed by atoms with Gasteiger partial charge < -0.3 is 21.3 Å². The first kappa shape index (κ1) is 16.1. The molecule has 22 heavy (non-hydrogen) atoms. The van der Waals surface area contributed by atoms with Gasteiger partial charge in [-0.3, -0.25) is 4.79 Å². The summed E-state index contributed by atoms with van der Waals surface area (Å²) in [6.45, 7) is 8.42. The predicted molar refractivity (Wildman–Crippen MR) is 87.6 cm³/mol. The molecule has 0 bridgehead atoms. The van der Waals surface area contributed by atoms with E-state index in [0.717, 1.165) is 5.56 Å². The molecule has 1 saturated heterocycles. The zero-order valence-corrected chi connectivity index (χ0v) is 13.6. The Bertz CT molecular complexity index is 592. The number of likely N-dealkylation sites (tertiary alicyclic amines) is 1. The Morgan fingerprint density at radius 3 is 2.59 bits per heavy atom. The number of urea groups is 1. The minimum Gasteiger partial charge on any atom is -0.397 e. The first-order chi connectivity index (χ1) is 10.2. The van der Waals surface area contributed by atoms with Crippen molar-refractivity contribution in [2.24, 2.45) is 0 Å². The summed E-state index contributed by atoms with van der Waals surface area (Å²) in [5.41, 5.74) is 7.77. The second kappa shape index (κ2) is 5.87. The second-order valence-corrected chi connectivity index (χ2v) is 6.77. The van der Waals surface area contributed by atoms with Crippen LogP contribution in [0, 0.1) is 6.92 Å². The summed E-state index contributed by atoms with van der Waals surface area (Å²) in [7, 11) is 0. The molecule has 1 unspecified atom stereocenters. The van der Waals surface area contributed by atoms with Crippen LogP contribution in [0.5, 0.6) is 0 Å². The van der Waals surface area contributed by atoms with E-state index in [1.165, 1.54) is 0 Å². The SMILES string of the molecule is Cc1ccc(NC(=O)NC2CC(=O)N(C(C)(C)C)C2)c(N)c1. The van der Waals surface area contributed by atoms with E-state index in [0.29, 0.717) is 24.3 Å². The highest BCUT2D eigenvalue weighted by Crippen LogP contribution is 2.22. The maximum Gasteiger partial charge on any atom is 0.319 e. The topological polar surface area (TPSA) is 87.5 Å². The lowest BCUT2D eigenvalue weighted by Crippen LogP contribution is -2.45. The molecule has 1 aliphatic heterocycles. The fraction of sp³-hybridized carbons (Fsp3) is 0.500. The zero-order chi connectivity index (χ0) is 16.5. The predicted octanol–water partition coefficient (Wildman–Crippen LogP) is 2.10. The van der Waals surface area contributed by atoms with Crippen molar-refractivity contribution in [1.82, 2.24) is 10.2 Å². The third-order valence-electron chi connectivity index (χ3n) is 3.73. The summed E-state index contributed by atoms with van der Waals surface area (Å²) in [6.07, 6.45) is 0.327. The van der Waals surface area contributed by atoms with Crippen LogP contribution >= 0.6 is 0 Å². The molecule has 6 nitrogen and oxygen atoms in total. The summed E-state index contributed by atoms with van der Waals surface area (Å²) < 4.78 is 0. The van der Waals surface area contributed by atoms with Gasteiger partial charge in [-0.15, -0.1) is 0 Å². The number of carbonyl (C=O) groups excluding carboxylic acids is 2. The molecule has 1 fully saturated rings. The molecule has 4 N–H and O–H groups in total. The van der Waals surface area contributed by atoms with Crippen LogP contribution in [-0.4, -0.2) is 35.0 Å². The van der Waals surface area contributed by atoms with Gasteiger partial charge in [-0.1, -0.05) is 6.07 Å². The molecule has 0 radical (unpaired) electrons. The van der Waals surface area contributed by atoms with E-state index >= 15 is 0 Å². The molecule has 0 aromatic heterocycles. The Balaban J connectivity index is 1.94. The highest BCUT2D eigenvalue weighted by atomic mass is 16.2. The van der Waals surface area contributed by atoms with E-state index in [1.54, 1.807) is 17.0 Å². The Hall–Kier alpha value is -2.24. The Morgan fingerprint density at radius 2 is 2.05 bits per heavy atom. The molecule has 1 aromatic carbocycles. The van der Waals surface area contributed by atoms with Crippen molar-refractivity contribution in [2.75, 3.05) is 17.6 Å². The van der Waals surface area contributed by atoms with Gasteiger partial charge in [0.2, 0.25) is 5.91 Å². The van der Waals surface area contributed by atoms with Crippen LogP contribution in [0.3, 0.4) is 0 Å². The second-order valence-electron chi connectivity index (χ2n) is 6.77. The molecule has 6 heteroatoms. The summed E-state index contributed by atoms with van der Waals surface area (Å²) in [5, 5.41) is 5.56. The maximum absolute atomic E-state index is 12.1. The number of nitrogens with zero attached hydrogens (tertiary/aromatic N) is 1. The van der Waals surface area contributed by atoms with Gasteiger partial charge >= 0.3 is 6.03 Å². The zero-order valence-electron chi connectivity index (χ0n) is 13.6. The standard InChI is InChI=1S/C16H24N4O2/c1-10-5-6-13(12(17)7-10)19-15(22)18-11-8-14(21)20(9-11)16(2,3)4/h5-7,11H,8-9,17H2,1-4H3,(H2,18,19,22). The number of nitrogen functional groups attached to an aromatic ring is 1. The largest absolute Gasteiger partial charge is 0.397 e. The average Bonchev–Trinajstić information content (AvgIpc) is 2.73. The number of hydrogen-bond donors (Lipinski definition) is 3. The number of anilines is 2. The molecule has 1 aromatic rings. The van der Waals surface area contributed by atoms with Crippen LogP contribution in [0.2, 0.25) is 0 Å². The average molecular weight is 304 g/mol. The molecule has 1 heterocycles. The van der Waals surface area contributed by atoms with Crippen LogP contribution in [0.25, 0.3) is 0 Å². The van der Waals surface area contributed by atoms with Crippen molar-refractivity contribution in [2.45, 2.75) is 45.7 Å². The van der Waals surface area contributed by atoms with E-state index < -0.39 is 0 Å². The van der Waals surface area contributed by atoms with Crippen molar-refractivity contribution in [3.05, 3.63) is 23.8 Å². The van der Waals surface area contributed by atoms with Gasteiger partial charge in [-0.2, -0.15) is 0 Å². The van der Waals surface area contributed by atoms with Crippen molar-refractivity contribution >= 4 is 23.3 Å². The van der Waals surface area contributed by atoms with Crippen molar-refractivity contribution in [3.63, 3.8) is 0 Å². The minimum absolute atomic E-state index is 0.0626. The van der Waals surface area contributed by atoms with Crippen LogP contribution in [-0.2, 0) is 4.79 Å². The number of benzene rings is 1. The van der Waals surface area contributed by atoms with Crippen molar-refractivity contribution in [3.8, 4) is 0 Å². The number of nitrogens with one attached hydrogen (secondary N) is 2. The summed E-state index contributed by atoms with van der Waals surface area (Å²) in [6, 6.07) is 4.93. The first-order valence-corrected chi connectivity index (χ1v) is 7.41. The smallest absolute Gasteiger partial charge is 0.319 e. The molecule has 3 amide bonds. The number of amides is 3. The van der Waals surface area contributed by atoms with E-state index in [1.807, 2.05) is 33.8 Å². The van der Waals surface area contributed by atoms with Gasteiger partial charge in [0.25, 0.3) is 0 Å². The number of hydrogen-bond acceptors (Lipinski definition) is 3. The molecular weight excluding hydrogens is 280 g/mol. The quantitative estimate of drug-likeness (QED) is 0.731. The molecule has 1 aliphatic rings. The lowest BCUT2D eigenvalue weighted by atomic mass is 10.1. The van der Waals surface area contributed by atoms with Crippen LogP contribution < -0.4 is 16.4 Å². The Labute approximate surface area is 131 Å². The molecule has 120 valence electrons. The monoisotopic (exact) mass is 304 g/mol. The molecular formula is C16H24N4O2.